The predicted molar refractivity (Wildman–Crippen MR) is 69.9 cm³/mol. The summed E-state index contributed by atoms with van der Waals surface area (Å²) in [7, 11) is 0. The van der Waals surface area contributed by atoms with Crippen LogP contribution >= 0.6 is 23.2 Å². The van der Waals surface area contributed by atoms with Gasteiger partial charge < -0.3 is 0 Å². The van der Waals surface area contributed by atoms with E-state index in [-0.39, 0.29) is 5.69 Å². The van der Waals surface area contributed by atoms with Gasteiger partial charge in [-0.15, -0.1) is 0 Å². The second-order valence-corrected chi connectivity index (χ2v) is 4.56. The van der Waals surface area contributed by atoms with Crippen LogP contribution in [0.15, 0.2) is 35.4 Å². The minimum Gasteiger partial charge on any atom is -0.300 e. The molecule has 5 heteroatoms. The number of hydrogen-bond donors (Lipinski definition) is 0. The average molecular weight is 271 g/mol. The highest BCUT2D eigenvalue weighted by molar-refractivity contribution is 6.42. The van der Waals surface area contributed by atoms with E-state index in [0.717, 1.165) is 5.56 Å². The molecule has 1 aromatic carbocycles. The summed E-state index contributed by atoms with van der Waals surface area (Å²) in [4.78, 5) is 11.8. The van der Waals surface area contributed by atoms with Crippen molar-refractivity contribution in [3.05, 3.63) is 56.7 Å². The molecule has 0 atom stereocenters. The second-order valence-electron chi connectivity index (χ2n) is 3.74. The molecule has 0 amide bonds. The zero-order valence-corrected chi connectivity index (χ0v) is 10.9. The first-order chi connectivity index (χ1) is 8.11. The normalized spacial score (nSPS) is 10.8. The van der Waals surface area contributed by atoms with Crippen LogP contribution in [-0.2, 0) is 13.1 Å². The van der Waals surface area contributed by atoms with E-state index in [2.05, 4.69) is 0 Å². The van der Waals surface area contributed by atoms with Crippen molar-refractivity contribution in [1.82, 2.24) is 9.13 Å². The number of hydrogen-bond acceptors (Lipinski definition) is 1. The van der Waals surface area contributed by atoms with Crippen LogP contribution < -0.4 is 5.69 Å². The zero-order chi connectivity index (χ0) is 12.4. The monoisotopic (exact) mass is 270 g/mol. The fourth-order valence-electron chi connectivity index (χ4n) is 1.65. The molecule has 1 heterocycles. The highest BCUT2D eigenvalue weighted by Crippen LogP contribution is 2.22. The molecule has 0 radical (unpaired) electrons. The molecule has 0 unspecified atom stereocenters. The van der Waals surface area contributed by atoms with Crippen LogP contribution in [0, 0.1) is 0 Å². The van der Waals surface area contributed by atoms with Gasteiger partial charge in [0, 0.05) is 18.9 Å². The van der Waals surface area contributed by atoms with E-state index in [0.29, 0.717) is 23.1 Å². The summed E-state index contributed by atoms with van der Waals surface area (Å²) in [6, 6.07) is 5.38. The first-order valence-electron chi connectivity index (χ1n) is 5.31. The smallest absolute Gasteiger partial charge is 0.300 e. The van der Waals surface area contributed by atoms with Crippen molar-refractivity contribution in [2.75, 3.05) is 0 Å². The molecule has 0 saturated carbocycles. The molecule has 0 fully saturated rings. The summed E-state index contributed by atoms with van der Waals surface area (Å²) in [5.74, 6) is 0. The third-order valence-corrected chi connectivity index (χ3v) is 3.33. The van der Waals surface area contributed by atoms with Gasteiger partial charge in [-0.05, 0) is 24.6 Å². The molecule has 2 aromatic rings. The molecule has 2 rings (SSSR count). The van der Waals surface area contributed by atoms with Gasteiger partial charge in [-0.3, -0.25) is 9.13 Å². The first kappa shape index (κ1) is 12.3. The van der Waals surface area contributed by atoms with E-state index in [9.17, 15) is 4.79 Å². The van der Waals surface area contributed by atoms with Gasteiger partial charge in [-0.25, -0.2) is 4.79 Å². The lowest BCUT2D eigenvalue weighted by atomic mass is 10.2. The van der Waals surface area contributed by atoms with Gasteiger partial charge in [0.2, 0.25) is 0 Å². The number of imidazole rings is 1. The predicted octanol–water partition coefficient (Wildman–Crippen LogP) is 3.02. The third kappa shape index (κ3) is 2.56. The Morgan fingerprint density at radius 2 is 1.82 bits per heavy atom. The molecule has 0 aliphatic heterocycles. The summed E-state index contributed by atoms with van der Waals surface area (Å²) in [6.45, 7) is 3.11. The Kier molecular flexibility index (Phi) is 3.60. The fourth-order valence-corrected chi connectivity index (χ4v) is 1.97. The average Bonchev–Trinajstić information content (AvgIpc) is 2.65. The summed E-state index contributed by atoms with van der Waals surface area (Å²) < 4.78 is 3.29. The maximum absolute atomic E-state index is 11.8. The molecule has 0 bridgehead atoms. The molecular weight excluding hydrogens is 259 g/mol. The van der Waals surface area contributed by atoms with Crippen molar-refractivity contribution in [3.63, 3.8) is 0 Å². The van der Waals surface area contributed by atoms with Gasteiger partial charge in [0.1, 0.15) is 0 Å². The van der Waals surface area contributed by atoms with Crippen LogP contribution in [0.5, 0.6) is 0 Å². The lowest BCUT2D eigenvalue weighted by Gasteiger charge is -2.03. The Morgan fingerprint density at radius 1 is 1.12 bits per heavy atom. The molecule has 1 aromatic heterocycles. The van der Waals surface area contributed by atoms with E-state index < -0.39 is 0 Å². The second kappa shape index (κ2) is 4.98. The maximum Gasteiger partial charge on any atom is 0.328 e. The third-order valence-electron chi connectivity index (χ3n) is 2.60. The van der Waals surface area contributed by atoms with Crippen molar-refractivity contribution in [2.45, 2.75) is 20.0 Å². The Labute approximate surface area is 109 Å². The number of aryl methyl sites for hydroxylation is 1. The Bertz CT molecular complexity index is 586. The molecule has 17 heavy (non-hydrogen) atoms. The van der Waals surface area contributed by atoms with Crippen molar-refractivity contribution < 1.29 is 0 Å². The van der Waals surface area contributed by atoms with Crippen molar-refractivity contribution >= 4 is 23.2 Å². The summed E-state index contributed by atoms with van der Waals surface area (Å²) in [6.07, 6.45) is 3.55. The number of halogens is 2. The van der Waals surface area contributed by atoms with Crippen molar-refractivity contribution in [3.8, 4) is 0 Å². The van der Waals surface area contributed by atoms with Crippen LogP contribution in [-0.4, -0.2) is 9.13 Å². The molecule has 0 aliphatic carbocycles. The maximum atomic E-state index is 11.8. The Morgan fingerprint density at radius 3 is 2.41 bits per heavy atom. The number of rotatable bonds is 3. The van der Waals surface area contributed by atoms with E-state index >= 15 is 0 Å². The largest absolute Gasteiger partial charge is 0.328 e. The summed E-state index contributed by atoms with van der Waals surface area (Å²) in [5.41, 5.74) is 0.939. The fraction of sp³-hybridized carbons (Fsp3) is 0.250. The summed E-state index contributed by atoms with van der Waals surface area (Å²) >= 11 is 11.8. The van der Waals surface area contributed by atoms with Crippen molar-refractivity contribution in [1.29, 1.82) is 0 Å². The van der Waals surface area contributed by atoms with Gasteiger partial charge in [0.05, 0.1) is 16.6 Å². The van der Waals surface area contributed by atoms with E-state index in [1.165, 1.54) is 0 Å². The number of benzene rings is 1. The minimum atomic E-state index is -0.0152. The lowest BCUT2D eigenvalue weighted by Crippen LogP contribution is -2.23. The van der Waals surface area contributed by atoms with Gasteiger partial charge in [-0.1, -0.05) is 29.3 Å². The molecule has 3 nitrogen and oxygen atoms in total. The molecule has 0 aliphatic rings. The zero-order valence-electron chi connectivity index (χ0n) is 9.36. The SMILES string of the molecule is CCn1ccn(Cc2ccc(Cl)c(Cl)c2)c1=O. The van der Waals surface area contributed by atoms with E-state index in [1.54, 1.807) is 33.7 Å². The number of nitrogens with zero attached hydrogens (tertiary/aromatic N) is 2. The molecule has 90 valence electrons. The van der Waals surface area contributed by atoms with E-state index in [1.807, 2.05) is 13.0 Å². The summed E-state index contributed by atoms with van der Waals surface area (Å²) in [5, 5.41) is 1.03. The first-order valence-corrected chi connectivity index (χ1v) is 6.07. The van der Waals surface area contributed by atoms with Crippen LogP contribution in [0.2, 0.25) is 10.0 Å². The Balaban J connectivity index is 2.28. The van der Waals surface area contributed by atoms with Crippen LogP contribution in [0.1, 0.15) is 12.5 Å². The highest BCUT2D eigenvalue weighted by Gasteiger charge is 2.04. The van der Waals surface area contributed by atoms with Crippen LogP contribution in [0.3, 0.4) is 0 Å². The van der Waals surface area contributed by atoms with Gasteiger partial charge in [-0.2, -0.15) is 0 Å². The van der Waals surface area contributed by atoms with Crippen LogP contribution in [0.4, 0.5) is 0 Å². The lowest BCUT2D eigenvalue weighted by molar-refractivity contribution is 0.668. The van der Waals surface area contributed by atoms with Gasteiger partial charge >= 0.3 is 5.69 Å². The van der Waals surface area contributed by atoms with Gasteiger partial charge in [0.15, 0.2) is 0 Å². The Hall–Kier alpha value is -1.19. The topological polar surface area (TPSA) is 26.9 Å². The quantitative estimate of drug-likeness (QED) is 0.843. The molecular formula is C12H12Cl2N2O. The minimum absolute atomic E-state index is 0.0152. The van der Waals surface area contributed by atoms with Crippen LogP contribution in [0.25, 0.3) is 0 Å². The molecule has 0 N–H and O–H groups in total. The highest BCUT2D eigenvalue weighted by atomic mass is 35.5. The van der Waals surface area contributed by atoms with Crippen molar-refractivity contribution in [2.24, 2.45) is 0 Å². The van der Waals surface area contributed by atoms with Gasteiger partial charge in [0.25, 0.3) is 0 Å². The molecule has 0 spiro atoms. The number of aromatic nitrogens is 2. The standard InChI is InChI=1S/C12H12Cl2N2O/c1-2-15-5-6-16(12(15)17)8-9-3-4-10(13)11(14)7-9/h3-7H,2,8H2,1H3. The van der Waals surface area contributed by atoms with E-state index in [4.69, 9.17) is 23.2 Å². The molecule has 0 saturated heterocycles.